The Kier molecular flexibility index (Phi) is 8.26. The molecular weight excluding hydrogens is 481 g/mol. The summed E-state index contributed by atoms with van der Waals surface area (Å²) in [5.74, 6) is -0.922. The highest BCUT2D eigenvalue weighted by Gasteiger charge is 2.30. The number of halogens is 4. The van der Waals surface area contributed by atoms with Gasteiger partial charge < -0.3 is 9.47 Å². The number of pyridine rings is 2. The molecule has 0 bridgehead atoms. The lowest BCUT2D eigenvalue weighted by Gasteiger charge is -2.09. The summed E-state index contributed by atoms with van der Waals surface area (Å²) in [6.45, 7) is 0. The quantitative estimate of drug-likeness (QED) is 0.367. The molecule has 1 aromatic carbocycles. The van der Waals surface area contributed by atoms with Crippen LogP contribution < -0.4 is 0 Å². The van der Waals surface area contributed by atoms with E-state index in [1.54, 1.807) is 12.1 Å². The van der Waals surface area contributed by atoms with Crippen LogP contribution in [0.15, 0.2) is 65.5 Å². The molecule has 0 aliphatic rings. The Morgan fingerprint density at radius 1 is 0.871 bits per heavy atom. The number of carbonyl (C=O) groups is 2. The Hall–Kier alpha value is -3.27. The van der Waals surface area contributed by atoms with Gasteiger partial charge in [0, 0.05) is 18.0 Å². The van der Waals surface area contributed by atoms with E-state index >= 15 is 0 Å². The van der Waals surface area contributed by atoms with Gasteiger partial charge in [0.1, 0.15) is 4.60 Å². The second-order valence-corrected chi connectivity index (χ2v) is 6.67. The molecule has 2 aromatic heterocycles. The molecule has 0 atom stereocenters. The molecule has 3 rings (SSSR count). The summed E-state index contributed by atoms with van der Waals surface area (Å²) in [5.41, 5.74) is 0.522. The van der Waals surface area contributed by atoms with Crippen molar-refractivity contribution in [1.29, 1.82) is 0 Å². The first-order chi connectivity index (χ1) is 14.7. The van der Waals surface area contributed by atoms with Gasteiger partial charge >= 0.3 is 18.1 Å². The molecule has 0 spiro atoms. The van der Waals surface area contributed by atoms with Gasteiger partial charge in [-0.25, -0.2) is 14.6 Å². The number of ether oxygens (including phenoxy) is 2. The fraction of sp³-hybridized carbons (Fsp3) is 0.143. The number of rotatable bonds is 3. The predicted octanol–water partition coefficient (Wildman–Crippen LogP) is 5.18. The van der Waals surface area contributed by atoms with Crippen LogP contribution in [-0.4, -0.2) is 36.1 Å². The van der Waals surface area contributed by atoms with E-state index < -0.39 is 17.7 Å². The fourth-order valence-corrected chi connectivity index (χ4v) is 2.70. The zero-order chi connectivity index (χ0) is 23.0. The van der Waals surface area contributed by atoms with E-state index in [-0.39, 0.29) is 22.8 Å². The average molecular weight is 497 g/mol. The van der Waals surface area contributed by atoms with E-state index in [0.717, 1.165) is 12.1 Å². The lowest BCUT2D eigenvalue weighted by Crippen LogP contribution is -2.05. The second-order valence-electron chi connectivity index (χ2n) is 5.86. The van der Waals surface area contributed by atoms with Gasteiger partial charge in [-0.1, -0.05) is 12.1 Å². The smallest absolute Gasteiger partial charge is 0.416 e. The van der Waals surface area contributed by atoms with Crippen molar-refractivity contribution in [3.8, 4) is 11.3 Å². The molecule has 0 unspecified atom stereocenters. The Morgan fingerprint density at radius 3 is 2.00 bits per heavy atom. The Bertz CT molecular complexity index is 1070. The molecule has 6 nitrogen and oxygen atoms in total. The van der Waals surface area contributed by atoms with Crippen LogP contribution in [0.3, 0.4) is 0 Å². The third-order valence-electron chi connectivity index (χ3n) is 3.81. The number of methoxy groups -OCH3 is 2. The Morgan fingerprint density at radius 2 is 1.45 bits per heavy atom. The maximum Gasteiger partial charge on any atom is 0.416 e. The van der Waals surface area contributed by atoms with Crippen LogP contribution >= 0.6 is 15.9 Å². The first kappa shape index (κ1) is 24.0. The van der Waals surface area contributed by atoms with E-state index in [9.17, 15) is 22.8 Å². The number of alkyl halides is 3. The number of esters is 2. The number of nitrogens with zero attached hydrogens (tertiary/aromatic N) is 2. The summed E-state index contributed by atoms with van der Waals surface area (Å²) in [4.78, 5) is 30.1. The van der Waals surface area contributed by atoms with Crippen molar-refractivity contribution in [2.45, 2.75) is 6.18 Å². The minimum Gasteiger partial charge on any atom is -0.465 e. The molecule has 0 radical (unpaired) electrons. The van der Waals surface area contributed by atoms with E-state index in [0.29, 0.717) is 10.2 Å². The third kappa shape index (κ3) is 6.88. The molecule has 0 saturated carbocycles. The van der Waals surface area contributed by atoms with Crippen LogP contribution in [0, 0.1) is 0 Å². The van der Waals surface area contributed by atoms with Gasteiger partial charge in [-0.2, -0.15) is 13.2 Å². The molecule has 3 aromatic rings. The first-order valence-corrected chi connectivity index (χ1v) is 9.37. The van der Waals surface area contributed by atoms with Crippen molar-refractivity contribution >= 4 is 27.9 Å². The van der Waals surface area contributed by atoms with Crippen LogP contribution in [0.25, 0.3) is 11.3 Å². The van der Waals surface area contributed by atoms with Gasteiger partial charge in [0.2, 0.25) is 0 Å². The van der Waals surface area contributed by atoms with Crippen LogP contribution in [-0.2, 0) is 15.7 Å². The molecule has 162 valence electrons. The molecule has 0 aliphatic heterocycles. The van der Waals surface area contributed by atoms with Gasteiger partial charge in [0.15, 0.2) is 0 Å². The number of aromatic nitrogens is 2. The number of hydrogen-bond acceptors (Lipinski definition) is 6. The number of carbonyl (C=O) groups excluding carboxylic acids is 2. The zero-order valence-corrected chi connectivity index (χ0v) is 17.9. The standard InChI is InChI=1S/C14H10F3NO2.C7H6BrNO2/c1-20-13(19)10-5-6-18-12(8-10)9-3-2-4-11(7-9)14(15,16)17;1-11-7(10)5-2-3-9-6(8)4-5/h2-8H,1H3;2-4H,1H3. The minimum absolute atomic E-state index is 0.231. The van der Waals surface area contributed by atoms with Gasteiger partial charge in [-0.3, -0.25) is 4.98 Å². The highest BCUT2D eigenvalue weighted by Crippen LogP contribution is 2.31. The summed E-state index contributed by atoms with van der Waals surface area (Å²) in [5, 5.41) is 0. The molecule has 0 aliphatic carbocycles. The zero-order valence-electron chi connectivity index (χ0n) is 16.3. The normalized spacial score (nSPS) is 10.5. The van der Waals surface area contributed by atoms with Crippen LogP contribution in [0.2, 0.25) is 0 Å². The second kappa shape index (κ2) is 10.7. The molecule has 10 heteroatoms. The molecule has 0 N–H and O–H groups in total. The maximum atomic E-state index is 12.7. The number of benzene rings is 1. The largest absolute Gasteiger partial charge is 0.465 e. The van der Waals surface area contributed by atoms with E-state index in [4.69, 9.17) is 0 Å². The van der Waals surface area contributed by atoms with E-state index in [2.05, 4.69) is 35.4 Å². The van der Waals surface area contributed by atoms with Crippen molar-refractivity contribution < 1.29 is 32.2 Å². The predicted molar refractivity (Wildman–Crippen MR) is 109 cm³/mol. The van der Waals surface area contributed by atoms with Gasteiger partial charge in [0.05, 0.1) is 36.6 Å². The molecular formula is C21H16BrF3N2O4. The topological polar surface area (TPSA) is 78.4 Å². The molecule has 31 heavy (non-hydrogen) atoms. The van der Waals surface area contributed by atoms with Crippen LogP contribution in [0.4, 0.5) is 13.2 Å². The maximum absolute atomic E-state index is 12.7. The molecule has 2 heterocycles. The Balaban J connectivity index is 0.000000262. The highest BCUT2D eigenvalue weighted by atomic mass is 79.9. The van der Waals surface area contributed by atoms with Crippen molar-refractivity contribution in [3.63, 3.8) is 0 Å². The molecule has 0 fully saturated rings. The van der Waals surface area contributed by atoms with Crippen LogP contribution in [0.1, 0.15) is 26.3 Å². The summed E-state index contributed by atoms with van der Waals surface area (Å²) < 4.78 is 47.6. The minimum atomic E-state index is -4.42. The first-order valence-electron chi connectivity index (χ1n) is 8.57. The third-order valence-corrected chi connectivity index (χ3v) is 4.25. The fourth-order valence-electron chi connectivity index (χ4n) is 2.34. The highest BCUT2D eigenvalue weighted by molar-refractivity contribution is 9.10. The number of hydrogen-bond donors (Lipinski definition) is 0. The van der Waals surface area contributed by atoms with Crippen molar-refractivity contribution in [2.75, 3.05) is 14.2 Å². The van der Waals surface area contributed by atoms with Gasteiger partial charge in [-0.15, -0.1) is 0 Å². The van der Waals surface area contributed by atoms with Crippen molar-refractivity contribution in [2.24, 2.45) is 0 Å². The monoisotopic (exact) mass is 496 g/mol. The van der Waals surface area contributed by atoms with Crippen molar-refractivity contribution in [3.05, 3.63) is 82.2 Å². The van der Waals surface area contributed by atoms with Gasteiger partial charge in [0.25, 0.3) is 0 Å². The molecule has 0 saturated heterocycles. The summed E-state index contributed by atoms with van der Waals surface area (Å²) >= 11 is 3.14. The summed E-state index contributed by atoms with van der Waals surface area (Å²) in [6, 6.07) is 10.8. The average Bonchev–Trinajstić information content (AvgIpc) is 2.78. The molecule has 0 amide bonds. The van der Waals surface area contributed by atoms with Crippen LogP contribution in [0.5, 0.6) is 0 Å². The lowest BCUT2D eigenvalue weighted by atomic mass is 10.1. The lowest BCUT2D eigenvalue weighted by molar-refractivity contribution is -0.137. The van der Waals surface area contributed by atoms with E-state index in [1.807, 2.05) is 0 Å². The summed E-state index contributed by atoms with van der Waals surface area (Å²) in [6.07, 6.45) is -1.53. The Labute approximate surface area is 184 Å². The van der Waals surface area contributed by atoms with Gasteiger partial charge in [-0.05, 0) is 52.3 Å². The van der Waals surface area contributed by atoms with Crippen molar-refractivity contribution in [1.82, 2.24) is 9.97 Å². The van der Waals surface area contributed by atoms with E-state index in [1.165, 1.54) is 50.9 Å². The SMILES string of the molecule is COC(=O)c1ccnc(-c2cccc(C(F)(F)F)c2)c1.COC(=O)c1ccnc(Br)c1. The summed E-state index contributed by atoms with van der Waals surface area (Å²) in [7, 11) is 2.57.